The molecule has 3 heterocycles. The monoisotopic (exact) mass is 421 g/mol. The zero-order valence-corrected chi connectivity index (χ0v) is 17.5. The molecular formula is C21H21Cl2NO2S. The first kappa shape index (κ1) is 19.0. The van der Waals surface area contributed by atoms with Crippen LogP contribution in [-0.4, -0.2) is 23.6 Å². The highest BCUT2D eigenvalue weighted by molar-refractivity contribution is 7.20. The van der Waals surface area contributed by atoms with Crippen molar-refractivity contribution in [3.05, 3.63) is 56.5 Å². The summed E-state index contributed by atoms with van der Waals surface area (Å²) in [7, 11) is 0. The number of thiophene rings is 1. The molecular weight excluding hydrogens is 401 g/mol. The average Bonchev–Trinajstić information content (AvgIpc) is 3.20. The summed E-state index contributed by atoms with van der Waals surface area (Å²) in [5.41, 5.74) is 1.70. The Labute approximate surface area is 172 Å². The maximum Gasteiger partial charge on any atom is 0.204 e. The highest BCUT2D eigenvalue weighted by Crippen LogP contribution is 2.34. The van der Waals surface area contributed by atoms with E-state index in [1.165, 1.54) is 17.0 Å². The van der Waals surface area contributed by atoms with Gasteiger partial charge in [0.15, 0.2) is 0 Å². The summed E-state index contributed by atoms with van der Waals surface area (Å²) in [6.45, 7) is 4.86. The van der Waals surface area contributed by atoms with Crippen molar-refractivity contribution >= 4 is 50.5 Å². The van der Waals surface area contributed by atoms with Gasteiger partial charge in [0.25, 0.3) is 0 Å². The maximum absolute atomic E-state index is 12.9. The highest BCUT2D eigenvalue weighted by atomic mass is 35.5. The van der Waals surface area contributed by atoms with E-state index in [9.17, 15) is 4.79 Å². The third-order valence-corrected chi connectivity index (χ3v) is 7.29. The lowest BCUT2D eigenvalue weighted by Gasteiger charge is -2.22. The summed E-state index contributed by atoms with van der Waals surface area (Å²) in [5, 5.41) is 1.84. The van der Waals surface area contributed by atoms with Crippen LogP contribution in [0.4, 0.5) is 0 Å². The molecule has 1 aliphatic rings. The number of nitrogens with zero attached hydrogens (tertiary/aromatic N) is 1. The number of carbonyl (C=O) groups is 1. The molecule has 1 aliphatic heterocycles. The van der Waals surface area contributed by atoms with Crippen molar-refractivity contribution in [2.24, 2.45) is 5.92 Å². The fourth-order valence-electron chi connectivity index (χ4n) is 3.72. The summed E-state index contributed by atoms with van der Waals surface area (Å²) in [6, 6.07) is 9.31. The van der Waals surface area contributed by atoms with Gasteiger partial charge in [0.2, 0.25) is 5.78 Å². The number of aryl methyl sites for hydroxylation is 2. The second-order valence-corrected chi connectivity index (χ2v) is 8.90. The fraction of sp³-hybridized carbons (Fsp3) is 0.381. The predicted octanol–water partition coefficient (Wildman–Crippen LogP) is 6.37. The molecule has 6 heteroatoms. The van der Waals surface area contributed by atoms with Crippen molar-refractivity contribution < 1.29 is 9.53 Å². The Balaban J connectivity index is 1.60. The maximum atomic E-state index is 12.9. The predicted molar refractivity (Wildman–Crippen MR) is 113 cm³/mol. The van der Waals surface area contributed by atoms with Crippen molar-refractivity contribution in [1.29, 1.82) is 0 Å². The normalized spacial score (nSPS) is 15.5. The minimum absolute atomic E-state index is 0.0719. The van der Waals surface area contributed by atoms with Crippen LogP contribution in [0, 0.1) is 12.8 Å². The van der Waals surface area contributed by atoms with Gasteiger partial charge in [0, 0.05) is 36.4 Å². The minimum atomic E-state index is -0.0719. The summed E-state index contributed by atoms with van der Waals surface area (Å²) >= 11 is 13.8. The number of hydrogen-bond acceptors (Lipinski definition) is 3. The van der Waals surface area contributed by atoms with Gasteiger partial charge in [-0.15, -0.1) is 11.3 Å². The second kappa shape index (κ2) is 7.96. The largest absolute Gasteiger partial charge is 0.381 e. The molecule has 2 aromatic heterocycles. The van der Waals surface area contributed by atoms with Crippen molar-refractivity contribution in [2.75, 3.05) is 13.2 Å². The molecule has 142 valence electrons. The third-order valence-electron chi connectivity index (χ3n) is 5.30. The summed E-state index contributed by atoms with van der Waals surface area (Å²) in [5.74, 6) is 0.652. The molecule has 1 saturated heterocycles. The van der Waals surface area contributed by atoms with Crippen LogP contribution < -0.4 is 0 Å². The summed E-state index contributed by atoms with van der Waals surface area (Å²) in [6.07, 6.45) is 3.44. The van der Waals surface area contributed by atoms with Gasteiger partial charge in [-0.1, -0.05) is 29.3 Å². The van der Waals surface area contributed by atoms with Crippen LogP contribution in [-0.2, 0) is 11.3 Å². The van der Waals surface area contributed by atoms with E-state index in [-0.39, 0.29) is 5.78 Å². The van der Waals surface area contributed by atoms with Crippen LogP contribution in [0.15, 0.2) is 30.3 Å². The van der Waals surface area contributed by atoms with Crippen LogP contribution in [0.25, 0.3) is 10.2 Å². The molecule has 3 nitrogen and oxygen atoms in total. The van der Waals surface area contributed by atoms with Crippen LogP contribution >= 0.6 is 34.5 Å². The molecule has 0 aliphatic carbocycles. The number of ketones is 1. The molecule has 1 aromatic carbocycles. The molecule has 0 saturated carbocycles. The first-order chi connectivity index (χ1) is 13.0. The lowest BCUT2D eigenvalue weighted by Crippen LogP contribution is -2.17. The highest BCUT2D eigenvalue weighted by Gasteiger charge is 2.20. The van der Waals surface area contributed by atoms with Crippen molar-refractivity contribution in [3.63, 3.8) is 0 Å². The Kier molecular flexibility index (Phi) is 5.60. The number of halogens is 2. The smallest absolute Gasteiger partial charge is 0.204 e. The van der Waals surface area contributed by atoms with Gasteiger partial charge in [0.05, 0.1) is 14.9 Å². The van der Waals surface area contributed by atoms with E-state index in [2.05, 4.69) is 17.6 Å². The van der Waals surface area contributed by atoms with Crippen LogP contribution in [0.3, 0.4) is 0 Å². The molecule has 0 amide bonds. The van der Waals surface area contributed by atoms with Gasteiger partial charge in [0.1, 0.15) is 4.83 Å². The number of ether oxygens (including phenoxy) is 1. The van der Waals surface area contributed by atoms with Crippen LogP contribution in [0.2, 0.25) is 10.0 Å². The lowest BCUT2D eigenvalue weighted by atomic mass is 9.97. The number of benzene rings is 1. The number of rotatable bonds is 5. The fourth-order valence-corrected chi connectivity index (χ4v) is 5.29. The molecule has 3 aromatic rings. The standard InChI is InChI=1S/C21H21Cl2NO2S/c1-13-11-15-12-18(20(25)16-3-2-4-17(22)19(16)23)27-21(15)24(13)8-5-14-6-9-26-10-7-14/h2-4,11-12,14H,5-10H2,1H3. The number of fused-ring (bicyclic) bond motifs is 1. The molecule has 4 rings (SSSR count). The molecule has 0 spiro atoms. The molecule has 0 bridgehead atoms. The second-order valence-electron chi connectivity index (χ2n) is 7.08. The van der Waals surface area contributed by atoms with E-state index in [0.29, 0.717) is 20.5 Å². The first-order valence-electron chi connectivity index (χ1n) is 9.20. The molecule has 0 unspecified atom stereocenters. The van der Waals surface area contributed by atoms with E-state index >= 15 is 0 Å². The van der Waals surface area contributed by atoms with E-state index in [1.54, 1.807) is 18.2 Å². The van der Waals surface area contributed by atoms with Gasteiger partial charge >= 0.3 is 0 Å². The molecule has 0 atom stereocenters. The van der Waals surface area contributed by atoms with Gasteiger partial charge in [-0.25, -0.2) is 0 Å². The lowest BCUT2D eigenvalue weighted by molar-refractivity contribution is 0.0627. The summed E-state index contributed by atoms with van der Waals surface area (Å²) < 4.78 is 7.80. The summed E-state index contributed by atoms with van der Waals surface area (Å²) in [4.78, 5) is 14.8. The Morgan fingerprint density at radius 1 is 1.26 bits per heavy atom. The van der Waals surface area contributed by atoms with E-state index in [4.69, 9.17) is 27.9 Å². The van der Waals surface area contributed by atoms with Gasteiger partial charge in [-0.3, -0.25) is 4.79 Å². The van der Waals surface area contributed by atoms with Gasteiger partial charge in [-0.2, -0.15) is 0 Å². The van der Waals surface area contributed by atoms with Crippen LogP contribution in [0.5, 0.6) is 0 Å². The number of carbonyl (C=O) groups excluding carboxylic acids is 1. The molecule has 0 radical (unpaired) electrons. The number of hydrogen-bond donors (Lipinski definition) is 0. The van der Waals surface area contributed by atoms with Crippen LogP contribution in [0.1, 0.15) is 40.2 Å². The van der Waals surface area contributed by atoms with Crippen molar-refractivity contribution in [1.82, 2.24) is 4.57 Å². The Morgan fingerprint density at radius 3 is 2.81 bits per heavy atom. The van der Waals surface area contributed by atoms with Gasteiger partial charge < -0.3 is 9.30 Å². The number of aromatic nitrogens is 1. The Hall–Kier alpha value is -1.33. The molecule has 1 fully saturated rings. The zero-order valence-electron chi connectivity index (χ0n) is 15.1. The van der Waals surface area contributed by atoms with E-state index in [1.807, 2.05) is 6.07 Å². The SMILES string of the molecule is Cc1cc2cc(C(=O)c3cccc(Cl)c3Cl)sc2n1CCC1CCOCC1. The Bertz CT molecular complexity index is 986. The van der Waals surface area contributed by atoms with Crippen molar-refractivity contribution in [2.45, 2.75) is 32.7 Å². The third kappa shape index (κ3) is 3.81. The first-order valence-corrected chi connectivity index (χ1v) is 10.8. The molecule has 0 N–H and O–H groups in total. The topological polar surface area (TPSA) is 31.2 Å². The van der Waals surface area contributed by atoms with Crippen molar-refractivity contribution in [3.8, 4) is 0 Å². The average molecular weight is 422 g/mol. The van der Waals surface area contributed by atoms with Gasteiger partial charge in [-0.05, 0) is 56.4 Å². The minimum Gasteiger partial charge on any atom is -0.381 e. The Morgan fingerprint density at radius 2 is 2.04 bits per heavy atom. The quantitative estimate of drug-likeness (QED) is 0.448. The van der Waals surface area contributed by atoms with E-state index in [0.717, 1.165) is 55.2 Å². The molecule has 27 heavy (non-hydrogen) atoms. The zero-order chi connectivity index (χ0) is 19.0. The van der Waals surface area contributed by atoms with E-state index < -0.39 is 0 Å².